The van der Waals surface area contributed by atoms with E-state index in [4.69, 9.17) is 0 Å². The summed E-state index contributed by atoms with van der Waals surface area (Å²) in [5.74, 6) is 0. The summed E-state index contributed by atoms with van der Waals surface area (Å²) in [5.41, 5.74) is 2.11. The van der Waals surface area contributed by atoms with Gasteiger partial charge in [0.05, 0.1) is 6.42 Å². The highest BCUT2D eigenvalue weighted by molar-refractivity contribution is 5.57. The monoisotopic (exact) mass is 215 g/mol. The number of benzene rings is 1. The number of hydrogen-bond acceptors (Lipinski definition) is 1. The smallest absolute Gasteiger partial charge is 0.371 e. The van der Waals surface area contributed by atoms with Crippen LogP contribution in [-0.2, 0) is 6.42 Å². The zero-order chi connectivity index (χ0) is 10.9. The normalized spacial score (nSPS) is 15.5. The predicted molar refractivity (Wildman–Crippen MR) is 53.0 cm³/mol. The van der Waals surface area contributed by atoms with Crippen LogP contribution in [0, 0.1) is 0 Å². The van der Waals surface area contributed by atoms with E-state index >= 15 is 0 Å². The molecule has 0 saturated carbocycles. The Balaban J connectivity index is 2.02. The number of rotatable bonds is 2. The van der Waals surface area contributed by atoms with Crippen LogP contribution in [0.15, 0.2) is 24.3 Å². The van der Waals surface area contributed by atoms with Gasteiger partial charge in [-0.3, -0.25) is 0 Å². The molecule has 0 radical (unpaired) electrons. The van der Waals surface area contributed by atoms with Gasteiger partial charge in [-0.05, 0) is 18.1 Å². The third kappa shape index (κ3) is 2.43. The van der Waals surface area contributed by atoms with Gasteiger partial charge in [-0.15, -0.1) is 0 Å². The molecule has 1 aromatic rings. The summed E-state index contributed by atoms with van der Waals surface area (Å²) in [7, 11) is 0. The van der Waals surface area contributed by atoms with Gasteiger partial charge in [-0.25, -0.2) is 0 Å². The maximum absolute atomic E-state index is 12.1. The van der Waals surface area contributed by atoms with Gasteiger partial charge in [-0.1, -0.05) is 18.2 Å². The molecule has 0 spiro atoms. The van der Waals surface area contributed by atoms with E-state index in [0.29, 0.717) is 6.54 Å². The van der Waals surface area contributed by atoms with Gasteiger partial charge in [0.15, 0.2) is 0 Å². The first-order valence-electron chi connectivity index (χ1n) is 4.96. The lowest BCUT2D eigenvalue weighted by Crippen LogP contribution is -2.26. The predicted octanol–water partition coefficient (Wildman–Crippen LogP) is 3.00. The van der Waals surface area contributed by atoms with Crippen LogP contribution < -0.4 is 4.90 Å². The summed E-state index contributed by atoms with van der Waals surface area (Å²) >= 11 is 0. The maximum atomic E-state index is 12.1. The van der Waals surface area contributed by atoms with Crippen molar-refractivity contribution in [1.29, 1.82) is 0 Å². The molecule has 0 amide bonds. The van der Waals surface area contributed by atoms with Crippen LogP contribution in [0.3, 0.4) is 0 Å². The SMILES string of the molecule is FC(F)(F)CCN1CCc2ccccc21. The molecule has 1 aromatic carbocycles. The molecule has 0 fully saturated rings. The van der Waals surface area contributed by atoms with Gasteiger partial charge in [0.25, 0.3) is 0 Å². The van der Waals surface area contributed by atoms with Crippen molar-refractivity contribution >= 4 is 5.69 Å². The minimum Gasteiger partial charge on any atom is -0.371 e. The second kappa shape index (κ2) is 3.76. The Bertz CT molecular complexity index is 346. The quantitative estimate of drug-likeness (QED) is 0.733. The number of fused-ring (bicyclic) bond motifs is 1. The Kier molecular flexibility index (Phi) is 2.59. The highest BCUT2D eigenvalue weighted by atomic mass is 19.4. The summed E-state index contributed by atoms with van der Waals surface area (Å²) in [4.78, 5) is 1.81. The zero-order valence-electron chi connectivity index (χ0n) is 8.22. The van der Waals surface area contributed by atoms with Crippen molar-refractivity contribution in [3.8, 4) is 0 Å². The molecule has 1 heterocycles. The lowest BCUT2D eigenvalue weighted by molar-refractivity contribution is -0.132. The van der Waals surface area contributed by atoms with Gasteiger partial charge in [0.2, 0.25) is 0 Å². The van der Waals surface area contributed by atoms with E-state index in [1.54, 1.807) is 0 Å². The Morgan fingerprint density at radius 3 is 2.67 bits per heavy atom. The summed E-state index contributed by atoms with van der Waals surface area (Å²) in [6, 6.07) is 7.65. The van der Waals surface area contributed by atoms with E-state index in [9.17, 15) is 13.2 Å². The highest BCUT2D eigenvalue weighted by Gasteiger charge is 2.29. The van der Waals surface area contributed by atoms with Crippen molar-refractivity contribution in [3.05, 3.63) is 29.8 Å². The van der Waals surface area contributed by atoms with Gasteiger partial charge in [0.1, 0.15) is 0 Å². The average Bonchev–Trinajstić information content (AvgIpc) is 2.57. The molecule has 0 N–H and O–H groups in total. The third-order valence-corrected chi connectivity index (χ3v) is 2.65. The van der Waals surface area contributed by atoms with Crippen LogP contribution in [0.4, 0.5) is 18.9 Å². The molecule has 1 nitrogen and oxygen atoms in total. The van der Waals surface area contributed by atoms with Crippen molar-refractivity contribution in [1.82, 2.24) is 0 Å². The average molecular weight is 215 g/mol. The zero-order valence-corrected chi connectivity index (χ0v) is 8.22. The number of para-hydroxylation sites is 1. The molecule has 2 rings (SSSR count). The molecule has 4 heteroatoms. The second-order valence-corrected chi connectivity index (χ2v) is 3.73. The maximum Gasteiger partial charge on any atom is 0.390 e. The van der Waals surface area contributed by atoms with Gasteiger partial charge in [-0.2, -0.15) is 13.2 Å². The van der Waals surface area contributed by atoms with E-state index < -0.39 is 12.6 Å². The van der Waals surface area contributed by atoms with Gasteiger partial charge >= 0.3 is 6.18 Å². The topological polar surface area (TPSA) is 3.24 Å². The van der Waals surface area contributed by atoms with Crippen LogP contribution in [0.25, 0.3) is 0 Å². The van der Waals surface area contributed by atoms with Gasteiger partial charge in [0, 0.05) is 18.8 Å². The van der Waals surface area contributed by atoms with Crippen molar-refractivity contribution < 1.29 is 13.2 Å². The van der Waals surface area contributed by atoms with Crippen LogP contribution in [0.2, 0.25) is 0 Å². The summed E-state index contributed by atoms with van der Waals surface area (Å²) in [5, 5.41) is 0. The summed E-state index contributed by atoms with van der Waals surface area (Å²) in [6.45, 7) is 0.774. The number of nitrogens with zero attached hydrogens (tertiary/aromatic N) is 1. The molecule has 0 saturated heterocycles. The minimum absolute atomic E-state index is 0.0700. The fraction of sp³-hybridized carbons (Fsp3) is 0.455. The van der Waals surface area contributed by atoms with Gasteiger partial charge < -0.3 is 4.90 Å². The molecular weight excluding hydrogens is 203 g/mol. The molecule has 0 bridgehead atoms. The van der Waals surface area contributed by atoms with E-state index in [1.165, 1.54) is 0 Å². The van der Waals surface area contributed by atoms with E-state index in [-0.39, 0.29) is 6.54 Å². The van der Waals surface area contributed by atoms with E-state index in [0.717, 1.165) is 17.7 Å². The lowest BCUT2D eigenvalue weighted by Gasteiger charge is -2.19. The molecule has 0 aliphatic carbocycles. The van der Waals surface area contributed by atoms with Crippen molar-refractivity contribution in [2.24, 2.45) is 0 Å². The Morgan fingerprint density at radius 2 is 1.93 bits per heavy atom. The first-order chi connectivity index (χ1) is 7.06. The Hall–Kier alpha value is -1.19. The molecule has 0 unspecified atom stereocenters. The molecular formula is C11H12F3N. The molecule has 15 heavy (non-hydrogen) atoms. The molecule has 0 atom stereocenters. The summed E-state index contributed by atoms with van der Waals surface area (Å²) < 4.78 is 36.2. The van der Waals surface area contributed by atoms with E-state index in [1.807, 2.05) is 29.2 Å². The first kappa shape index (κ1) is 10.3. The Morgan fingerprint density at radius 1 is 1.20 bits per heavy atom. The standard InChI is InChI=1S/C11H12F3N/c12-11(13,14)6-8-15-7-5-9-3-1-2-4-10(9)15/h1-4H,5-8H2. The van der Waals surface area contributed by atoms with Crippen molar-refractivity contribution in [2.75, 3.05) is 18.0 Å². The summed E-state index contributed by atoms with van der Waals surface area (Å²) in [6.07, 6.45) is -3.94. The van der Waals surface area contributed by atoms with Crippen LogP contribution in [-0.4, -0.2) is 19.3 Å². The molecule has 0 aromatic heterocycles. The fourth-order valence-corrected chi connectivity index (χ4v) is 1.90. The number of anilines is 1. The fourth-order valence-electron chi connectivity index (χ4n) is 1.90. The van der Waals surface area contributed by atoms with E-state index in [2.05, 4.69) is 0 Å². The van der Waals surface area contributed by atoms with Crippen molar-refractivity contribution in [2.45, 2.75) is 19.0 Å². The van der Waals surface area contributed by atoms with Crippen LogP contribution in [0.5, 0.6) is 0 Å². The second-order valence-electron chi connectivity index (χ2n) is 3.73. The molecule has 1 aliphatic heterocycles. The first-order valence-corrected chi connectivity index (χ1v) is 4.96. The minimum atomic E-state index is -4.06. The molecule has 82 valence electrons. The van der Waals surface area contributed by atoms with Crippen LogP contribution in [0.1, 0.15) is 12.0 Å². The Labute approximate surface area is 86.5 Å². The highest BCUT2D eigenvalue weighted by Crippen LogP contribution is 2.29. The lowest BCUT2D eigenvalue weighted by atomic mass is 10.2. The number of alkyl halides is 3. The van der Waals surface area contributed by atoms with Crippen LogP contribution >= 0.6 is 0 Å². The van der Waals surface area contributed by atoms with Crippen molar-refractivity contribution in [3.63, 3.8) is 0 Å². The number of halogens is 3. The third-order valence-electron chi connectivity index (χ3n) is 2.65. The number of hydrogen-bond donors (Lipinski definition) is 0. The molecule has 1 aliphatic rings. The largest absolute Gasteiger partial charge is 0.390 e.